The Bertz CT molecular complexity index is 1600. The number of carbonyl (C=O) groups is 2. The molecule has 8 nitrogen and oxygen atoms in total. The number of amides is 3. The van der Waals surface area contributed by atoms with E-state index < -0.39 is 32.2 Å². The topological polar surface area (TPSA) is 99.2 Å². The first kappa shape index (κ1) is 25.2. The van der Waals surface area contributed by atoms with Crippen molar-refractivity contribution in [3.8, 4) is 0 Å². The van der Waals surface area contributed by atoms with Crippen molar-refractivity contribution in [3.63, 3.8) is 0 Å². The predicted octanol–water partition coefficient (Wildman–Crippen LogP) is 4.27. The summed E-state index contributed by atoms with van der Waals surface area (Å²) in [5, 5.41) is 3.47. The molecule has 1 fully saturated rings. The molecule has 6 rings (SSSR count). The number of urea groups is 1. The van der Waals surface area contributed by atoms with Crippen LogP contribution < -0.4 is 5.32 Å². The number of hydrogen-bond acceptors (Lipinski definition) is 5. The molecule has 0 aromatic heterocycles. The lowest BCUT2D eigenvalue weighted by Crippen LogP contribution is -2.67. The maximum atomic E-state index is 14.2. The monoisotopic (exact) mass is 570 g/mol. The van der Waals surface area contributed by atoms with E-state index in [1.165, 1.54) is 4.90 Å². The minimum atomic E-state index is -3.39. The van der Waals surface area contributed by atoms with E-state index in [0.29, 0.717) is 27.8 Å². The molecule has 4 unspecified atom stereocenters. The summed E-state index contributed by atoms with van der Waals surface area (Å²) >= 11 is 13.0. The highest BCUT2D eigenvalue weighted by Crippen LogP contribution is 2.56. The number of allylic oxidation sites excluding steroid dienone is 1. The van der Waals surface area contributed by atoms with Crippen molar-refractivity contribution < 1.29 is 18.0 Å². The summed E-state index contributed by atoms with van der Waals surface area (Å²) in [5.41, 5.74) is 1.81. The molecule has 4 aliphatic rings. The van der Waals surface area contributed by atoms with E-state index in [9.17, 15) is 18.0 Å². The number of rotatable bonds is 3. The fourth-order valence-corrected chi connectivity index (χ4v) is 6.81. The van der Waals surface area contributed by atoms with Crippen LogP contribution >= 0.6 is 23.2 Å². The van der Waals surface area contributed by atoms with Crippen LogP contribution in [-0.4, -0.2) is 59.7 Å². The Morgan fingerprint density at radius 1 is 1.03 bits per heavy atom. The molecule has 0 bridgehead atoms. The molecule has 0 radical (unpaired) electrons. The molecule has 0 saturated carbocycles. The van der Waals surface area contributed by atoms with Crippen molar-refractivity contribution in [1.29, 1.82) is 0 Å². The van der Waals surface area contributed by atoms with Crippen molar-refractivity contribution in [2.45, 2.75) is 35.7 Å². The first-order valence-corrected chi connectivity index (χ1v) is 14.6. The van der Waals surface area contributed by atoms with Crippen LogP contribution in [0.25, 0.3) is 0 Å². The Balaban J connectivity index is 1.58. The summed E-state index contributed by atoms with van der Waals surface area (Å²) < 4.78 is 24.2. The van der Waals surface area contributed by atoms with Crippen molar-refractivity contribution >= 4 is 50.8 Å². The van der Waals surface area contributed by atoms with Gasteiger partial charge in [-0.15, -0.1) is 11.6 Å². The number of carbonyl (C=O) groups excluding carboxylic acids is 2. The average Bonchev–Trinajstić information content (AvgIpc) is 3.27. The van der Waals surface area contributed by atoms with Gasteiger partial charge in [0.1, 0.15) is 17.3 Å². The zero-order valence-electron chi connectivity index (χ0n) is 20.8. The van der Waals surface area contributed by atoms with Gasteiger partial charge >= 0.3 is 6.03 Å². The average molecular weight is 571 g/mol. The number of fused-ring (bicyclic) bond motifs is 2. The fourth-order valence-electron chi connectivity index (χ4n) is 5.86. The number of amidine groups is 1. The number of aliphatic imine (C=N–C) groups is 1. The van der Waals surface area contributed by atoms with Gasteiger partial charge in [0.05, 0.1) is 33.8 Å². The minimum Gasteiger partial charge on any atom is -0.325 e. The van der Waals surface area contributed by atoms with Gasteiger partial charge in [0, 0.05) is 16.8 Å². The number of nitrogens with zero attached hydrogens (tertiary/aromatic N) is 3. The number of benzene rings is 2. The molecule has 1 N–H and O–H groups in total. The quantitative estimate of drug-likeness (QED) is 0.440. The molecule has 3 heterocycles. The van der Waals surface area contributed by atoms with E-state index in [2.05, 4.69) is 5.32 Å². The summed E-state index contributed by atoms with van der Waals surface area (Å²) in [6.45, 7) is 3.65. The molecule has 2 aromatic carbocycles. The number of nitrogens with one attached hydrogen (secondary N) is 1. The lowest BCUT2D eigenvalue weighted by atomic mass is 9.67. The molecule has 4 atom stereocenters. The highest BCUT2D eigenvalue weighted by Gasteiger charge is 2.61. The maximum Gasteiger partial charge on any atom is 0.330 e. The number of sulfone groups is 1. The Hall–Kier alpha value is -3.14. The van der Waals surface area contributed by atoms with Gasteiger partial charge in [-0.3, -0.25) is 19.6 Å². The van der Waals surface area contributed by atoms with Crippen LogP contribution in [0.1, 0.15) is 31.0 Å². The van der Waals surface area contributed by atoms with Gasteiger partial charge in [-0.25, -0.2) is 13.2 Å². The van der Waals surface area contributed by atoms with Crippen molar-refractivity contribution in [3.05, 3.63) is 88.2 Å². The van der Waals surface area contributed by atoms with Gasteiger partial charge in [0.25, 0.3) is 0 Å². The van der Waals surface area contributed by atoms with Gasteiger partial charge in [-0.05, 0) is 55.8 Å². The first-order valence-electron chi connectivity index (χ1n) is 12.0. The Kier molecular flexibility index (Phi) is 5.41. The normalized spacial score (nSPS) is 30.2. The molecule has 11 heteroatoms. The van der Waals surface area contributed by atoms with Crippen LogP contribution in [0, 0.1) is 5.41 Å². The molecule has 1 saturated heterocycles. The summed E-state index contributed by atoms with van der Waals surface area (Å²) in [6.07, 6.45) is 4.99. The third kappa shape index (κ3) is 3.63. The van der Waals surface area contributed by atoms with Crippen LogP contribution in [0.2, 0.25) is 5.02 Å². The summed E-state index contributed by atoms with van der Waals surface area (Å²) in [6, 6.07) is 12.3. The Labute approximate surface area is 230 Å². The third-order valence-corrected chi connectivity index (χ3v) is 9.38. The van der Waals surface area contributed by atoms with Crippen LogP contribution in [-0.2, 0) is 14.6 Å². The zero-order chi connectivity index (χ0) is 27.2. The van der Waals surface area contributed by atoms with Gasteiger partial charge in [0.2, 0.25) is 5.91 Å². The second-order valence-corrected chi connectivity index (χ2v) is 13.6. The molecule has 2 aromatic rings. The second-order valence-electron chi connectivity index (χ2n) is 10.4. The number of hydrogen-bond donors (Lipinski definition) is 1. The fraction of sp³-hybridized carbons (Fsp3) is 0.296. The lowest BCUT2D eigenvalue weighted by molar-refractivity contribution is -0.122. The molecule has 1 aliphatic carbocycles. The molecule has 3 aliphatic heterocycles. The smallest absolute Gasteiger partial charge is 0.325 e. The standard InChI is InChI=1S/C27H24Cl2N4O4S/c1-26-12-13-27(2,29)21-23(26)32(14-19(34)30-21)25(35)33-22(26)20(15-6-10-18(11-7-15)38(3,36)37)31-24(33)16-4-8-17(28)9-5-16/h4-13,20,22H,14H2,1-3H3,(H,30,34). The minimum absolute atomic E-state index is 0.140. The molecular weight excluding hydrogens is 547 g/mol. The van der Waals surface area contributed by atoms with Crippen LogP contribution in [0.4, 0.5) is 4.79 Å². The number of alkyl halides is 1. The largest absolute Gasteiger partial charge is 0.330 e. The van der Waals surface area contributed by atoms with E-state index in [1.807, 2.05) is 19.1 Å². The number of halogens is 2. The highest BCUT2D eigenvalue weighted by molar-refractivity contribution is 7.90. The maximum absolute atomic E-state index is 14.2. The third-order valence-electron chi connectivity index (χ3n) is 7.68. The van der Waals surface area contributed by atoms with Crippen LogP contribution in [0.5, 0.6) is 0 Å². The van der Waals surface area contributed by atoms with Gasteiger partial charge in [0.15, 0.2) is 9.84 Å². The SMILES string of the molecule is CC1(Cl)C=CC2(C)C3=C1NC(=O)CN3C(=O)N1C(c3ccc(Cl)cc3)=NC(c3ccc(S(C)(=O)=O)cc3)C12. The van der Waals surface area contributed by atoms with E-state index >= 15 is 0 Å². The molecular formula is C27H24Cl2N4O4S. The second kappa shape index (κ2) is 8.18. The zero-order valence-corrected chi connectivity index (χ0v) is 23.1. The van der Waals surface area contributed by atoms with E-state index in [1.54, 1.807) is 60.4 Å². The Morgan fingerprint density at radius 3 is 2.32 bits per heavy atom. The summed E-state index contributed by atoms with van der Waals surface area (Å²) in [4.78, 5) is 34.3. The Morgan fingerprint density at radius 2 is 1.68 bits per heavy atom. The van der Waals surface area contributed by atoms with Gasteiger partial charge in [-0.2, -0.15) is 0 Å². The molecule has 38 heavy (non-hydrogen) atoms. The van der Waals surface area contributed by atoms with Crippen molar-refractivity contribution in [1.82, 2.24) is 15.1 Å². The van der Waals surface area contributed by atoms with Crippen molar-refractivity contribution in [2.75, 3.05) is 12.8 Å². The first-order chi connectivity index (χ1) is 17.8. The van der Waals surface area contributed by atoms with Crippen LogP contribution in [0.15, 0.2) is 82.0 Å². The van der Waals surface area contributed by atoms with E-state index in [-0.39, 0.29) is 23.4 Å². The molecule has 3 amide bonds. The predicted molar refractivity (Wildman–Crippen MR) is 145 cm³/mol. The van der Waals surface area contributed by atoms with E-state index in [4.69, 9.17) is 28.2 Å². The van der Waals surface area contributed by atoms with E-state index in [0.717, 1.165) is 11.8 Å². The highest BCUT2D eigenvalue weighted by atomic mass is 35.5. The van der Waals surface area contributed by atoms with Crippen LogP contribution in [0.3, 0.4) is 0 Å². The summed E-state index contributed by atoms with van der Waals surface area (Å²) in [5.74, 6) is 0.131. The van der Waals surface area contributed by atoms with Crippen molar-refractivity contribution in [2.24, 2.45) is 10.4 Å². The lowest BCUT2D eigenvalue weighted by Gasteiger charge is -2.55. The molecule has 196 valence electrons. The van der Waals surface area contributed by atoms with Gasteiger partial charge < -0.3 is 5.32 Å². The molecule has 0 spiro atoms. The summed E-state index contributed by atoms with van der Waals surface area (Å²) in [7, 11) is -3.39. The van der Waals surface area contributed by atoms with Gasteiger partial charge in [-0.1, -0.05) is 35.9 Å².